The van der Waals surface area contributed by atoms with Gasteiger partial charge in [-0.2, -0.15) is 5.10 Å². The van der Waals surface area contributed by atoms with Crippen LogP contribution >= 0.6 is 0 Å². The molecule has 2 heterocycles. The Bertz CT molecular complexity index is 625. The molecule has 0 unspecified atom stereocenters. The molecule has 0 aromatic carbocycles. The average molecular weight is 280 g/mol. The molecule has 0 saturated heterocycles. The van der Waals surface area contributed by atoms with Gasteiger partial charge in [0.05, 0.1) is 0 Å². The molecule has 2 aromatic rings. The highest BCUT2D eigenvalue weighted by molar-refractivity contribution is 5.48. The Labute approximate surface area is 124 Å². The second kappa shape index (κ2) is 4.15. The highest BCUT2D eigenvalue weighted by Gasteiger charge is 2.53. The van der Waals surface area contributed by atoms with Gasteiger partial charge < -0.3 is 0 Å². The summed E-state index contributed by atoms with van der Waals surface area (Å²) in [5, 5.41) is 7.71. The summed E-state index contributed by atoms with van der Waals surface area (Å²) in [5.41, 5.74) is 1.15. The molecule has 4 fully saturated rings. The van der Waals surface area contributed by atoms with E-state index < -0.39 is 0 Å². The molecule has 21 heavy (non-hydrogen) atoms. The second-order valence-corrected chi connectivity index (χ2v) is 7.42. The van der Waals surface area contributed by atoms with Crippen LogP contribution < -0.4 is 0 Å². The van der Waals surface area contributed by atoms with Crippen molar-refractivity contribution in [2.75, 3.05) is 0 Å². The van der Waals surface area contributed by atoms with Crippen molar-refractivity contribution in [3.63, 3.8) is 0 Å². The van der Waals surface area contributed by atoms with Crippen molar-refractivity contribution in [3.05, 3.63) is 30.2 Å². The molecule has 0 atom stereocenters. The van der Waals surface area contributed by atoms with Crippen molar-refractivity contribution < 1.29 is 0 Å². The quantitative estimate of drug-likeness (QED) is 0.918. The first-order chi connectivity index (χ1) is 10.3. The van der Waals surface area contributed by atoms with Gasteiger partial charge in [-0.05, 0) is 68.4 Å². The van der Waals surface area contributed by atoms with Gasteiger partial charge in [-0.15, -0.1) is 0 Å². The van der Waals surface area contributed by atoms with Crippen molar-refractivity contribution in [2.24, 2.45) is 17.8 Å². The number of aromatic nitrogens is 4. The Kier molecular flexibility index (Phi) is 2.35. The lowest BCUT2D eigenvalue weighted by Crippen LogP contribution is -2.49. The zero-order valence-corrected chi connectivity index (χ0v) is 12.1. The van der Waals surface area contributed by atoms with Gasteiger partial charge in [0.1, 0.15) is 11.5 Å². The summed E-state index contributed by atoms with van der Waals surface area (Å²) in [6.45, 7) is 0. The Morgan fingerprint density at radius 1 is 1.00 bits per heavy atom. The largest absolute Gasteiger partial charge is 0.262 e. The number of rotatable bonds is 2. The molecular formula is C17H20N4. The van der Waals surface area contributed by atoms with Crippen LogP contribution in [0.4, 0.5) is 0 Å². The summed E-state index contributed by atoms with van der Waals surface area (Å²) < 4.78 is 0. The molecular weight excluding hydrogens is 260 g/mol. The van der Waals surface area contributed by atoms with E-state index in [9.17, 15) is 0 Å². The third-order valence-corrected chi connectivity index (χ3v) is 5.92. The third-order valence-electron chi connectivity index (χ3n) is 5.92. The molecule has 0 spiro atoms. The highest BCUT2D eigenvalue weighted by Crippen LogP contribution is 2.60. The predicted molar refractivity (Wildman–Crippen MR) is 79.5 cm³/mol. The van der Waals surface area contributed by atoms with Gasteiger partial charge in [0.2, 0.25) is 0 Å². The van der Waals surface area contributed by atoms with E-state index in [-0.39, 0.29) is 5.41 Å². The molecule has 6 rings (SSSR count). The summed E-state index contributed by atoms with van der Waals surface area (Å²) in [6, 6.07) is 5.89. The lowest BCUT2D eigenvalue weighted by Gasteiger charge is -2.55. The maximum Gasteiger partial charge on any atom is 0.199 e. The van der Waals surface area contributed by atoms with Crippen LogP contribution in [-0.2, 0) is 5.41 Å². The van der Waals surface area contributed by atoms with Crippen LogP contribution in [0.1, 0.15) is 44.3 Å². The third kappa shape index (κ3) is 1.78. The highest BCUT2D eigenvalue weighted by atomic mass is 15.2. The van der Waals surface area contributed by atoms with Crippen LogP contribution in [0.3, 0.4) is 0 Å². The minimum atomic E-state index is 0.286. The molecule has 108 valence electrons. The Morgan fingerprint density at radius 3 is 2.33 bits per heavy atom. The molecule has 1 N–H and O–H groups in total. The van der Waals surface area contributed by atoms with E-state index in [0.717, 1.165) is 35.1 Å². The number of nitrogens with one attached hydrogen (secondary N) is 1. The maximum absolute atomic E-state index is 4.84. The smallest absolute Gasteiger partial charge is 0.199 e. The molecule has 4 heteroatoms. The molecule has 4 nitrogen and oxygen atoms in total. The number of H-pyrrole nitrogens is 1. The van der Waals surface area contributed by atoms with E-state index in [0.29, 0.717) is 0 Å². The van der Waals surface area contributed by atoms with E-state index in [2.05, 4.69) is 15.2 Å². The first-order valence-electron chi connectivity index (χ1n) is 8.15. The maximum atomic E-state index is 4.84. The van der Waals surface area contributed by atoms with Crippen LogP contribution in [0, 0.1) is 17.8 Å². The average Bonchev–Trinajstić information content (AvgIpc) is 2.97. The van der Waals surface area contributed by atoms with E-state index >= 15 is 0 Å². The predicted octanol–water partition coefficient (Wildman–Crippen LogP) is 3.33. The number of pyridine rings is 1. The van der Waals surface area contributed by atoms with Gasteiger partial charge in [-0.1, -0.05) is 6.07 Å². The zero-order valence-electron chi connectivity index (χ0n) is 12.1. The molecule has 2 aromatic heterocycles. The van der Waals surface area contributed by atoms with Crippen molar-refractivity contribution in [1.29, 1.82) is 0 Å². The lowest BCUT2D eigenvalue weighted by molar-refractivity contribution is -0.00920. The molecule has 0 radical (unpaired) electrons. The Morgan fingerprint density at radius 2 is 1.71 bits per heavy atom. The zero-order chi connectivity index (χ0) is 13.9. The number of aromatic amines is 1. The second-order valence-electron chi connectivity index (χ2n) is 7.42. The number of hydrogen-bond donors (Lipinski definition) is 1. The van der Waals surface area contributed by atoms with Crippen molar-refractivity contribution in [1.82, 2.24) is 20.2 Å². The van der Waals surface area contributed by atoms with Gasteiger partial charge in [-0.3, -0.25) is 10.1 Å². The fraction of sp³-hybridized carbons (Fsp3) is 0.588. The summed E-state index contributed by atoms with van der Waals surface area (Å²) in [4.78, 5) is 9.21. The molecule has 4 saturated carbocycles. The van der Waals surface area contributed by atoms with Gasteiger partial charge in [0, 0.05) is 11.6 Å². The fourth-order valence-electron chi connectivity index (χ4n) is 5.51. The first kappa shape index (κ1) is 11.9. The van der Waals surface area contributed by atoms with Crippen molar-refractivity contribution in [3.8, 4) is 11.5 Å². The lowest BCUT2D eigenvalue weighted by atomic mass is 9.49. The Hall–Kier alpha value is -1.71. The normalized spacial score (nSPS) is 37.0. The van der Waals surface area contributed by atoms with Gasteiger partial charge in [0.15, 0.2) is 5.82 Å². The fourth-order valence-corrected chi connectivity index (χ4v) is 5.51. The summed E-state index contributed by atoms with van der Waals surface area (Å²) in [6.07, 6.45) is 10.1. The van der Waals surface area contributed by atoms with Gasteiger partial charge in [-0.25, -0.2) is 4.98 Å². The molecule has 0 amide bonds. The van der Waals surface area contributed by atoms with Crippen molar-refractivity contribution in [2.45, 2.75) is 43.9 Å². The first-order valence-corrected chi connectivity index (χ1v) is 8.15. The minimum absolute atomic E-state index is 0.286. The molecule has 0 aliphatic heterocycles. The van der Waals surface area contributed by atoms with Crippen LogP contribution in [0.25, 0.3) is 11.5 Å². The summed E-state index contributed by atoms with van der Waals surface area (Å²) in [7, 11) is 0. The van der Waals surface area contributed by atoms with E-state index in [1.54, 1.807) is 6.20 Å². The minimum Gasteiger partial charge on any atom is -0.262 e. The van der Waals surface area contributed by atoms with Crippen molar-refractivity contribution >= 4 is 0 Å². The Balaban J connectivity index is 1.52. The number of hydrogen-bond acceptors (Lipinski definition) is 3. The summed E-state index contributed by atoms with van der Waals surface area (Å²) in [5.74, 6) is 4.67. The monoisotopic (exact) mass is 280 g/mol. The molecule has 4 aliphatic rings. The van der Waals surface area contributed by atoms with E-state index in [4.69, 9.17) is 4.98 Å². The van der Waals surface area contributed by atoms with Crippen LogP contribution in [0.15, 0.2) is 24.4 Å². The van der Waals surface area contributed by atoms with Gasteiger partial charge >= 0.3 is 0 Å². The van der Waals surface area contributed by atoms with E-state index in [1.807, 2.05) is 18.2 Å². The van der Waals surface area contributed by atoms with Crippen LogP contribution in [0.5, 0.6) is 0 Å². The SMILES string of the molecule is c1ccc(-c2n[nH]c(C34CC5CC(CC(C5)C3)C4)n2)nc1. The molecule has 4 bridgehead atoms. The summed E-state index contributed by atoms with van der Waals surface area (Å²) >= 11 is 0. The number of nitrogens with zero attached hydrogens (tertiary/aromatic N) is 3. The van der Waals surface area contributed by atoms with E-state index in [1.165, 1.54) is 38.5 Å². The molecule has 4 aliphatic carbocycles. The van der Waals surface area contributed by atoms with Crippen LogP contribution in [0.2, 0.25) is 0 Å². The van der Waals surface area contributed by atoms with Gasteiger partial charge in [0.25, 0.3) is 0 Å². The van der Waals surface area contributed by atoms with Crippen LogP contribution in [-0.4, -0.2) is 20.2 Å². The standard InChI is InChI=1S/C17H20N4/c1-2-4-18-14(3-1)15-19-16(21-20-15)17-8-11-5-12(9-17)7-13(6-11)10-17/h1-4,11-13H,5-10H2,(H,19,20,21). The topological polar surface area (TPSA) is 54.5 Å².